The Morgan fingerprint density at radius 3 is 2.94 bits per heavy atom. The van der Waals surface area contributed by atoms with Crippen LogP contribution >= 0.6 is 39.3 Å². The van der Waals surface area contributed by atoms with Crippen LogP contribution in [0.3, 0.4) is 0 Å². The van der Waals surface area contributed by atoms with E-state index in [0.717, 1.165) is 16.0 Å². The summed E-state index contributed by atoms with van der Waals surface area (Å²) in [7, 11) is 0. The maximum absolute atomic E-state index is 12.0. The molecule has 17 heavy (non-hydrogen) atoms. The number of rotatable bonds is 5. The molecule has 0 aromatic heterocycles. The van der Waals surface area contributed by atoms with Gasteiger partial charge < -0.3 is 5.32 Å². The zero-order valence-electron chi connectivity index (χ0n) is 9.80. The van der Waals surface area contributed by atoms with E-state index < -0.39 is 0 Å². The first kappa shape index (κ1) is 14.9. The Morgan fingerprint density at radius 1 is 1.59 bits per heavy atom. The number of carbonyl (C=O) groups is 1. The summed E-state index contributed by atoms with van der Waals surface area (Å²) in [5.41, 5.74) is 0.575. The van der Waals surface area contributed by atoms with Gasteiger partial charge in [-0.05, 0) is 46.8 Å². The SMILES string of the molecule is CCSCC(C)NC(=O)c1cc(Cl)ccc1Br. The molecule has 1 amide bonds. The Morgan fingerprint density at radius 2 is 2.29 bits per heavy atom. The highest BCUT2D eigenvalue weighted by Gasteiger charge is 2.13. The number of carbonyl (C=O) groups excluding carboxylic acids is 1. The molecule has 0 aliphatic heterocycles. The van der Waals surface area contributed by atoms with Gasteiger partial charge in [-0.3, -0.25) is 4.79 Å². The number of amides is 1. The van der Waals surface area contributed by atoms with Crippen LogP contribution in [0.25, 0.3) is 0 Å². The van der Waals surface area contributed by atoms with Crippen molar-refractivity contribution in [3.63, 3.8) is 0 Å². The van der Waals surface area contributed by atoms with Crippen molar-refractivity contribution in [1.29, 1.82) is 0 Å². The normalized spacial score (nSPS) is 12.2. The van der Waals surface area contributed by atoms with Gasteiger partial charge in [-0.25, -0.2) is 0 Å². The summed E-state index contributed by atoms with van der Waals surface area (Å²) in [5.74, 6) is 1.88. The maximum atomic E-state index is 12.0. The standard InChI is InChI=1S/C12H15BrClNOS/c1-3-17-7-8(2)15-12(16)10-6-9(14)4-5-11(10)13/h4-6,8H,3,7H2,1-2H3,(H,15,16). The second-order valence-electron chi connectivity index (χ2n) is 3.66. The Kier molecular flexibility index (Phi) is 6.38. The number of hydrogen-bond acceptors (Lipinski definition) is 2. The highest BCUT2D eigenvalue weighted by atomic mass is 79.9. The first-order valence-electron chi connectivity index (χ1n) is 5.38. The lowest BCUT2D eigenvalue weighted by atomic mass is 10.2. The van der Waals surface area contributed by atoms with Gasteiger partial charge in [0.05, 0.1) is 5.56 Å². The fraction of sp³-hybridized carbons (Fsp3) is 0.417. The van der Waals surface area contributed by atoms with E-state index in [4.69, 9.17) is 11.6 Å². The molecular weight excluding hydrogens is 322 g/mol. The van der Waals surface area contributed by atoms with E-state index in [9.17, 15) is 4.79 Å². The molecule has 0 aliphatic rings. The summed E-state index contributed by atoms with van der Waals surface area (Å²) < 4.78 is 0.759. The van der Waals surface area contributed by atoms with Gasteiger partial charge in [0, 0.05) is 21.3 Å². The van der Waals surface area contributed by atoms with Crippen molar-refractivity contribution in [1.82, 2.24) is 5.32 Å². The van der Waals surface area contributed by atoms with E-state index in [1.54, 1.807) is 18.2 Å². The topological polar surface area (TPSA) is 29.1 Å². The number of benzene rings is 1. The number of hydrogen-bond donors (Lipinski definition) is 1. The molecule has 0 bridgehead atoms. The average molecular weight is 337 g/mol. The fourth-order valence-corrected chi connectivity index (χ4v) is 2.58. The van der Waals surface area contributed by atoms with Crippen molar-refractivity contribution in [3.05, 3.63) is 33.3 Å². The van der Waals surface area contributed by atoms with E-state index in [1.165, 1.54) is 0 Å². The van der Waals surface area contributed by atoms with E-state index in [1.807, 2.05) is 18.7 Å². The van der Waals surface area contributed by atoms with Crippen LogP contribution in [-0.2, 0) is 0 Å². The highest BCUT2D eigenvalue weighted by Crippen LogP contribution is 2.21. The van der Waals surface area contributed by atoms with Gasteiger partial charge in [-0.2, -0.15) is 11.8 Å². The summed E-state index contributed by atoms with van der Waals surface area (Å²) in [6, 6.07) is 5.35. The molecule has 1 aromatic rings. The second kappa shape index (κ2) is 7.29. The molecule has 0 saturated carbocycles. The van der Waals surface area contributed by atoms with Crippen LogP contribution in [-0.4, -0.2) is 23.5 Å². The third-order valence-corrected chi connectivity index (χ3v) is 4.19. The van der Waals surface area contributed by atoms with Gasteiger partial charge >= 0.3 is 0 Å². The number of nitrogens with one attached hydrogen (secondary N) is 1. The lowest BCUT2D eigenvalue weighted by Crippen LogP contribution is -2.34. The van der Waals surface area contributed by atoms with Crippen molar-refractivity contribution in [2.45, 2.75) is 19.9 Å². The molecule has 1 N–H and O–H groups in total. The van der Waals surface area contributed by atoms with Crippen molar-refractivity contribution < 1.29 is 4.79 Å². The summed E-state index contributed by atoms with van der Waals surface area (Å²) in [6.45, 7) is 4.10. The molecule has 5 heteroatoms. The van der Waals surface area contributed by atoms with Gasteiger partial charge in [0.1, 0.15) is 0 Å². The summed E-state index contributed by atoms with van der Waals surface area (Å²) >= 11 is 11.0. The molecule has 1 aromatic carbocycles. The Labute approximate surface area is 120 Å². The molecule has 0 radical (unpaired) electrons. The molecule has 0 fully saturated rings. The van der Waals surface area contributed by atoms with Crippen molar-refractivity contribution >= 4 is 45.2 Å². The minimum atomic E-state index is -0.0939. The third kappa shape index (κ3) is 4.90. The van der Waals surface area contributed by atoms with Crippen molar-refractivity contribution in [3.8, 4) is 0 Å². The maximum Gasteiger partial charge on any atom is 0.252 e. The molecule has 94 valence electrons. The molecular formula is C12H15BrClNOS. The molecule has 0 saturated heterocycles. The second-order valence-corrected chi connectivity index (χ2v) is 6.27. The number of halogens is 2. The molecule has 2 nitrogen and oxygen atoms in total. The zero-order valence-corrected chi connectivity index (χ0v) is 13.0. The highest BCUT2D eigenvalue weighted by molar-refractivity contribution is 9.10. The first-order valence-corrected chi connectivity index (χ1v) is 7.70. The zero-order chi connectivity index (χ0) is 12.8. The van der Waals surface area contributed by atoms with Crippen LogP contribution in [0.1, 0.15) is 24.2 Å². The predicted molar refractivity (Wildman–Crippen MR) is 79.1 cm³/mol. The van der Waals surface area contributed by atoms with E-state index in [0.29, 0.717) is 10.6 Å². The van der Waals surface area contributed by atoms with Crippen molar-refractivity contribution in [2.75, 3.05) is 11.5 Å². The van der Waals surface area contributed by atoms with Crippen LogP contribution in [0.4, 0.5) is 0 Å². The lowest BCUT2D eigenvalue weighted by molar-refractivity contribution is 0.0943. The largest absolute Gasteiger partial charge is 0.349 e. The van der Waals surface area contributed by atoms with Gasteiger partial charge in [-0.1, -0.05) is 18.5 Å². The van der Waals surface area contributed by atoms with E-state index in [2.05, 4.69) is 28.2 Å². The minimum Gasteiger partial charge on any atom is -0.349 e. The van der Waals surface area contributed by atoms with Gasteiger partial charge in [0.15, 0.2) is 0 Å². The summed E-state index contributed by atoms with van der Waals surface area (Å²) in [4.78, 5) is 12.0. The molecule has 0 spiro atoms. The van der Waals surface area contributed by atoms with Crippen LogP contribution < -0.4 is 5.32 Å². The summed E-state index contributed by atoms with van der Waals surface area (Å²) in [6.07, 6.45) is 0. The quantitative estimate of drug-likeness (QED) is 0.881. The fourth-order valence-electron chi connectivity index (χ4n) is 1.31. The predicted octanol–water partition coefficient (Wildman–Crippen LogP) is 3.97. The van der Waals surface area contributed by atoms with Crippen LogP contribution in [0.2, 0.25) is 5.02 Å². The Hall–Kier alpha value is -0.190. The number of thioether (sulfide) groups is 1. The van der Waals surface area contributed by atoms with Gasteiger partial charge in [0.2, 0.25) is 0 Å². The lowest BCUT2D eigenvalue weighted by Gasteiger charge is -2.14. The Bertz CT molecular complexity index is 400. The van der Waals surface area contributed by atoms with Gasteiger partial charge in [-0.15, -0.1) is 0 Å². The minimum absolute atomic E-state index is 0.0939. The van der Waals surface area contributed by atoms with Crippen LogP contribution in [0, 0.1) is 0 Å². The van der Waals surface area contributed by atoms with Gasteiger partial charge in [0.25, 0.3) is 5.91 Å². The van der Waals surface area contributed by atoms with Crippen molar-refractivity contribution in [2.24, 2.45) is 0 Å². The molecule has 0 aliphatic carbocycles. The van der Waals surface area contributed by atoms with E-state index >= 15 is 0 Å². The average Bonchev–Trinajstić information content (AvgIpc) is 2.29. The molecule has 1 unspecified atom stereocenters. The molecule has 1 rings (SSSR count). The molecule has 1 atom stereocenters. The first-order chi connectivity index (χ1) is 8.04. The smallest absolute Gasteiger partial charge is 0.252 e. The molecule has 0 heterocycles. The third-order valence-electron chi connectivity index (χ3n) is 2.12. The van der Waals surface area contributed by atoms with Crippen LogP contribution in [0.5, 0.6) is 0 Å². The monoisotopic (exact) mass is 335 g/mol. The van der Waals surface area contributed by atoms with E-state index in [-0.39, 0.29) is 11.9 Å². The Balaban J connectivity index is 2.66. The van der Waals surface area contributed by atoms with Crippen LogP contribution in [0.15, 0.2) is 22.7 Å². The summed E-state index contributed by atoms with van der Waals surface area (Å²) in [5, 5.41) is 3.51.